The van der Waals surface area contributed by atoms with Crippen molar-refractivity contribution in [2.24, 2.45) is 11.1 Å². The SMILES string of the molecule is CI.c1ccc(COC2=NOC3(C2)CN2CCC3CC2)cc1. The lowest BCUT2D eigenvalue weighted by atomic mass is 9.74. The van der Waals surface area contributed by atoms with Gasteiger partial charge in [-0.3, -0.25) is 4.90 Å². The fraction of sp³-hybridized carbons (Fsp3) is 0.588. The van der Waals surface area contributed by atoms with Crippen LogP contribution in [0.25, 0.3) is 0 Å². The number of rotatable bonds is 2. The number of nitrogens with zero attached hydrogens (tertiary/aromatic N) is 2. The Labute approximate surface area is 146 Å². The predicted octanol–water partition coefficient (Wildman–Crippen LogP) is 3.45. The van der Waals surface area contributed by atoms with E-state index in [4.69, 9.17) is 9.57 Å². The summed E-state index contributed by atoms with van der Waals surface area (Å²) in [6.07, 6.45) is 3.31. The van der Waals surface area contributed by atoms with Crippen LogP contribution in [0.4, 0.5) is 0 Å². The zero-order chi connectivity index (χ0) is 15.4. The molecule has 0 N–H and O–H groups in total. The van der Waals surface area contributed by atoms with Crippen LogP contribution in [-0.2, 0) is 16.2 Å². The van der Waals surface area contributed by atoms with Gasteiger partial charge in [-0.25, -0.2) is 0 Å². The Morgan fingerprint density at radius 1 is 1.27 bits per heavy atom. The number of fused-ring (bicyclic) bond motifs is 2. The summed E-state index contributed by atoms with van der Waals surface area (Å²) in [6.45, 7) is 4.03. The van der Waals surface area contributed by atoms with Gasteiger partial charge in [0, 0.05) is 12.5 Å². The Hall–Kier alpha value is -0.820. The van der Waals surface area contributed by atoms with Gasteiger partial charge >= 0.3 is 0 Å². The smallest absolute Gasteiger partial charge is 0.230 e. The number of hydrogen-bond acceptors (Lipinski definition) is 4. The quantitative estimate of drug-likeness (QED) is 0.549. The van der Waals surface area contributed by atoms with Crippen molar-refractivity contribution in [3.8, 4) is 0 Å². The molecule has 0 radical (unpaired) electrons. The Kier molecular flexibility index (Phi) is 5.23. The topological polar surface area (TPSA) is 34.1 Å². The molecule has 4 aliphatic rings. The van der Waals surface area contributed by atoms with Crippen LogP contribution in [0.5, 0.6) is 0 Å². The minimum Gasteiger partial charge on any atom is -0.474 e. The molecule has 1 atom stereocenters. The van der Waals surface area contributed by atoms with Gasteiger partial charge in [-0.15, -0.1) is 0 Å². The van der Waals surface area contributed by atoms with Gasteiger partial charge in [0.1, 0.15) is 6.61 Å². The van der Waals surface area contributed by atoms with Crippen molar-refractivity contribution in [3.05, 3.63) is 35.9 Å². The summed E-state index contributed by atoms with van der Waals surface area (Å²) in [4.78, 5) is 10.3. The number of hydrogen-bond donors (Lipinski definition) is 0. The van der Waals surface area contributed by atoms with E-state index < -0.39 is 0 Å². The van der Waals surface area contributed by atoms with Crippen molar-refractivity contribution in [2.45, 2.75) is 31.5 Å². The van der Waals surface area contributed by atoms with Gasteiger partial charge in [-0.2, -0.15) is 0 Å². The van der Waals surface area contributed by atoms with Crippen LogP contribution in [0.3, 0.4) is 0 Å². The predicted molar refractivity (Wildman–Crippen MR) is 96.2 cm³/mol. The van der Waals surface area contributed by atoms with E-state index in [2.05, 4.69) is 44.8 Å². The fourth-order valence-corrected chi connectivity index (χ4v) is 3.71. The Bertz CT molecular complexity index is 515. The normalized spacial score (nSPS) is 32.0. The lowest BCUT2D eigenvalue weighted by Crippen LogP contribution is -2.59. The molecule has 1 aromatic carbocycles. The molecular weight excluding hydrogens is 391 g/mol. The van der Waals surface area contributed by atoms with Crippen LogP contribution in [-0.4, -0.2) is 41.0 Å². The molecule has 4 aliphatic heterocycles. The van der Waals surface area contributed by atoms with Crippen LogP contribution in [0.1, 0.15) is 24.8 Å². The second-order valence-corrected chi connectivity index (χ2v) is 6.14. The molecule has 1 spiro atoms. The van der Waals surface area contributed by atoms with Crippen LogP contribution in [0.15, 0.2) is 35.5 Å². The van der Waals surface area contributed by atoms with Gasteiger partial charge < -0.3 is 9.57 Å². The standard InChI is InChI=1S/C16H20N2O2.CH3I/c1-2-4-13(5-3-1)11-19-15-10-16(20-17-15)12-18-8-6-14(16)7-9-18;1-2/h1-5,14H,6-12H2;1H3. The maximum absolute atomic E-state index is 5.84. The molecule has 3 fully saturated rings. The van der Waals surface area contributed by atoms with E-state index in [1.54, 1.807) is 0 Å². The molecule has 5 rings (SSSR count). The number of benzene rings is 1. The third kappa shape index (κ3) is 3.25. The van der Waals surface area contributed by atoms with Crippen LogP contribution in [0.2, 0.25) is 0 Å². The minimum atomic E-state index is -0.0947. The number of alkyl halides is 1. The highest BCUT2D eigenvalue weighted by Crippen LogP contribution is 2.43. The number of oxime groups is 1. The highest BCUT2D eigenvalue weighted by molar-refractivity contribution is 14.1. The molecule has 5 heteroatoms. The third-order valence-electron chi connectivity index (χ3n) is 4.85. The van der Waals surface area contributed by atoms with Gasteiger partial charge in [0.2, 0.25) is 5.90 Å². The van der Waals surface area contributed by atoms with Gasteiger partial charge in [0.05, 0.1) is 6.42 Å². The summed E-state index contributed by atoms with van der Waals surface area (Å²) >= 11 is 2.15. The average molecular weight is 414 g/mol. The van der Waals surface area contributed by atoms with E-state index >= 15 is 0 Å². The summed E-state index contributed by atoms with van der Waals surface area (Å²) in [7, 11) is 0. The minimum absolute atomic E-state index is 0.0947. The molecule has 0 aromatic heterocycles. The third-order valence-corrected chi connectivity index (χ3v) is 4.85. The van der Waals surface area contributed by atoms with Crippen molar-refractivity contribution >= 4 is 28.5 Å². The molecule has 120 valence electrons. The summed E-state index contributed by atoms with van der Waals surface area (Å²) < 4.78 is 5.83. The highest BCUT2D eigenvalue weighted by atomic mass is 127. The van der Waals surface area contributed by atoms with Crippen molar-refractivity contribution in [1.82, 2.24) is 4.90 Å². The molecule has 0 aliphatic carbocycles. The summed E-state index contributed by atoms with van der Waals surface area (Å²) in [5, 5.41) is 4.21. The number of piperidine rings is 3. The largest absolute Gasteiger partial charge is 0.474 e. The van der Waals surface area contributed by atoms with Crippen molar-refractivity contribution in [3.63, 3.8) is 0 Å². The van der Waals surface area contributed by atoms with E-state index in [0.717, 1.165) is 18.9 Å². The maximum Gasteiger partial charge on any atom is 0.230 e. The molecule has 1 aromatic rings. The van der Waals surface area contributed by atoms with Crippen molar-refractivity contribution in [1.29, 1.82) is 0 Å². The molecular formula is C17H23IN2O2. The fourth-order valence-electron chi connectivity index (χ4n) is 3.71. The first-order chi connectivity index (χ1) is 10.8. The second kappa shape index (κ2) is 7.17. The summed E-state index contributed by atoms with van der Waals surface area (Å²) in [5.41, 5.74) is 1.08. The lowest BCUT2D eigenvalue weighted by Gasteiger charge is -2.49. The zero-order valence-electron chi connectivity index (χ0n) is 13.0. The van der Waals surface area contributed by atoms with Gasteiger partial charge in [-0.05, 0) is 36.4 Å². The number of ether oxygens (including phenoxy) is 1. The summed E-state index contributed by atoms with van der Waals surface area (Å²) in [6, 6.07) is 10.2. The zero-order valence-corrected chi connectivity index (χ0v) is 15.2. The molecule has 0 saturated carbocycles. The lowest BCUT2D eigenvalue weighted by molar-refractivity contribution is -0.136. The second-order valence-electron chi connectivity index (χ2n) is 6.14. The molecule has 22 heavy (non-hydrogen) atoms. The first-order valence-corrected chi connectivity index (χ1v) is 10.0. The Balaban J connectivity index is 0.000000693. The van der Waals surface area contributed by atoms with Crippen LogP contribution in [0, 0.1) is 5.92 Å². The molecule has 4 nitrogen and oxygen atoms in total. The first-order valence-electron chi connectivity index (χ1n) is 7.86. The van der Waals surface area contributed by atoms with E-state index in [9.17, 15) is 0 Å². The van der Waals surface area contributed by atoms with E-state index in [-0.39, 0.29) is 5.60 Å². The highest BCUT2D eigenvalue weighted by Gasteiger charge is 2.52. The van der Waals surface area contributed by atoms with Gasteiger partial charge in [-0.1, -0.05) is 58.1 Å². The monoisotopic (exact) mass is 414 g/mol. The van der Waals surface area contributed by atoms with E-state index in [1.165, 1.54) is 31.5 Å². The molecule has 3 saturated heterocycles. The van der Waals surface area contributed by atoms with Gasteiger partial charge in [0.25, 0.3) is 0 Å². The molecule has 4 heterocycles. The van der Waals surface area contributed by atoms with Crippen LogP contribution < -0.4 is 0 Å². The molecule has 2 bridgehead atoms. The average Bonchev–Trinajstić information content (AvgIpc) is 2.99. The number of halogens is 1. The first kappa shape index (κ1) is 16.1. The Morgan fingerprint density at radius 2 is 2.00 bits per heavy atom. The van der Waals surface area contributed by atoms with Crippen LogP contribution >= 0.6 is 22.6 Å². The summed E-state index contributed by atoms with van der Waals surface area (Å²) in [5.74, 6) is 1.41. The molecule has 1 unspecified atom stereocenters. The molecule has 0 amide bonds. The van der Waals surface area contributed by atoms with E-state index in [1.807, 2.05) is 23.1 Å². The van der Waals surface area contributed by atoms with Gasteiger partial charge in [0.15, 0.2) is 5.60 Å². The maximum atomic E-state index is 5.84. The Morgan fingerprint density at radius 3 is 2.64 bits per heavy atom. The van der Waals surface area contributed by atoms with Crippen molar-refractivity contribution < 1.29 is 9.57 Å². The van der Waals surface area contributed by atoms with E-state index in [0.29, 0.717) is 12.5 Å². The van der Waals surface area contributed by atoms with Crippen molar-refractivity contribution in [2.75, 3.05) is 24.6 Å².